The lowest BCUT2D eigenvalue weighted by Crippen LogP contribution is -2.68. The van der Waals surface area contributed by atoms with Gasteiger partial charge in [0.15, 0.2) is 0 Å². The molecule has 6 nitrogen and oxygen atoms in total. The van der Waals surface area contributed by atoms with Gasteiger partial charge in [0.2, 0.25) is 6.10 Å². The van der Waals surface area contributed by atoms with Crippen molar-refractivity contribution in [2.75, 3.05) is 7.11 Å². The van der Waals surface area contributed by atoms with E-state index in [0.717, 1.165) is 18.4 Å². The summed E-state index contributed by atoms with van der Waals surface area (Å²) in [5.41, 5.74) is 0.681. The molecule has 0 amide bonds. The van der Waals surface area contributed by atoms with Crippen molar-refractivity contribution in [1.82, 2.24) is 0 Å². The Morgan fingerprint density at radius 2 is 1.69 bits per heavy atom. The van der Waals surface area contributed by atoms with Crippen LogP contribution >= 0.6 is 0 Å². The molecule has 0 saturated heterocycles. The van der Waals surface area contributed by atoms with Crippen molar-refractivity contribution in [2.24, 2.45) is 45.3 Å². The molecule has 0 aromatic carbocycles. The summed E-state index contributed by atoms with van der Waals surface area (Å²) in [7, 11) is 1.37. The normalized spacial score (nSPS) is 49.8. The molecule has 5 aliphatic rings. The number of hydrogen-bond donors (Lipinski definition) is 1. The van der Waals surface area contributed by atoms with Gasteiger partial charge < -0.3 is 19.3 Å². The van der Waals surface area contributed by atoms with Gasteiger partial charge in [-0.15, -0.1) is 0 Å². The van der Waals surface area contributed by atoms with Gasteiger partial charge in [-0.05, 0) is 72.5 Å². The highest BCUT2D eigenvalue weighted by Crippen LogP contribution is 2.74. The lowest BCUT2D eigenvalue weighted by molar-refractivity contribution is -0.250. The third-order valence-corrected chi connectivity index (χ3v) is 11.8. The Labute approximate surface area is 210 Å². The minimum Gasteiger partial charge on any atom is -0.486 e. The van der Waals surface area contributed by atoms with Gasteiger partial charge in [-0.2, -0.15) is 0 Å². The Morgan fingerprint density at radius 3 is 2.34 bits per heavy atom. The van der Waals surface area contributed by atoms with Gasteiger partial charge in [0.05, 0.1) is 19.5 Å². The molecule has 0 spiro atoms. The van der Waals surface area contributed by atoms with E-state index in [1.807, 2.05) is 0 Å². The summed E-state index contributed by atoms with van der Waals surface area (Å²) < 4.78 is 16.9. The first kappa shape index (κ1) is 25.1. The van der Waals surface area contributed by atoms with Gasteiger partial charge in [-0.25, -0.2) is 4.79 Å². The molecule has 0 aromatic heterocycles. The summed E-state index contributed by atoms with van der Waals surface area (Å²) in [6.45, 7) is 13.4. The zero-order chi connectivity index (χ0) is 25.6. The number of carbonyl (C=O) groups excluding carboxylic acids is 2. The second kappa shape index (κ2) is 7.97. The van der Waals surface area contributed by atoms with Crippen molar-refractivity contribution >= 4 is 11.9 Å². The Kier molecular flexibility index (Phi) is 5.71. The minimum absolute atomic E-state index is 0.0279. The van der Waals surface area contributed by atoms with Crippen molar-refractivity contribution in [2.45, 2.75) is 105 Å². The number of rotatable bonds is 2. The number of aliphatic hydroxyl groups is 1. The Balaban J connectivity index is 1.61. The molecule has 10 unspecified atom stereocenters. The van der Waals surface area contributed by atoms with Crippen molar-refractivity contribution in [3.63, 3.8) is 0 Å². The molecule has 1 heterocycles. The van der Waals surface area contributed by atoms with Gasteiger partial charge in [-0.1, -0.05) is 41.0 Å². The summed E-state index contributed by atoms with van der Waals surface area (Å²) in [6, 6.07) is 0. The number of ether oxygens (including phenoxy) is 3. The zero-order valence-electron chi connectivity index (χ0n) is 22.6. The van der Waals surface area contributed by atoms with Crippen molar-refractivity contribution in [3.8, 4) is 0 Å². The third-order valence-electron chi connectivity index (χ3n) is 11.8. The Hall–Kier alpha value is -1.56. The van der Waals surface area contributed by atoms with Gasteiger partial charge in [0.25, 0.3) is 0 Å². The van der Waals surface area contributed by atoms with E-state index in [-0.39, 0.29) is 28.6 Å². The molecule has 196 valence electrons. The monoisotopic (exact) mass is 488 g/mol. The Bertz CT molecular complexity index is 939. The van der Waals surface area contributed by atoms with E-state index in [1.165, 1.54) is 39.7 Å². The molecule has 4 saturated carbocycles. The average Bonchev–Trinajstić information content (AvgIpc) is 3.22. The smallest absolute Gasteiger partial charge is 0.347 e. The van der Waals surface area contributed by atoms with Crippen LogP contribution in [0.4, 0.5) is 0 Å². The van der Waals surface area contributed by atoms with Crippen LogP contribution in [0.1, 0.15) is 86.5 Å². The largest absolute Gasteiger partial charge is 0.486 e. The lowest BCUT2D eigenvalue weighted by atomic mass is 9.34. The first-order valence-electron chi connectivity index (χ1n) is 13.6. The fraction of sp³-hybridized carbons (Fsp3) is 0.862. The highest BCUT2D eigenvalue weighted by Gasteiger charge is 2.71. The van der Waals surface area contributed by atoms with Gasteiger partial charge in [-0.3, -0.25) is 4.79 Å². The summed E-state index contributed by atoms with van der Waals surface area (Å²) >= 11 is 0. The molecule has 0 bridgehead atoms. The third kappa shape index (κ3) is 3.30. The molecule has 4 fully saturated rings. The predicted molar refractivity (Wildman–Crippen MR) is 131 cm³/mol. The van der Waals surface area contributed by atoms with E-state index in [9.17, 15) is 14.7 Å². The fourth-order valence-electron chi connectivity index (χ4n) is 10.4. The van der Waals surface area contributed by atoms with E-state index >= 15 is 0 Å². The summed E-state index contributed by atoms with van der Waals surface area (Å²) in [5, 5.41) is 12.0. The maximum atomic E-state index is 12.8. The first-order valence-corrected chi connectivity index (χ1v) is 13.6. The number of methoxy groups -OCH3 is 1. The molecule has 1 aliphatic heterocycles. The van der Waals surface area contributed by atoms with Crippen LogP contribution in [0, 0.1) is 45.3 Å². The van der Waals surface area contributed by atoms with Crippen LogP contribution in [0.25, 0.3) is 0 Å². The highest BCUT2D eigenvalue weighted by molar-refractivity contribution is 5.77. The van der Waals surface area contributed by atoms with E-state index in [4.69, 9.17) is 14.2 Å². The fourth-order valence-corrected chi connectivity index (χ4v) is 10.4. The standard InChI is InChI=1S/C29H44O6/c1-16(30)35-18-13-21-28(5)12-9-19-26(2,3)10-8-11-27(19,4)20(28)14-22(31)29(21,6)23-17(18)15-34-24(23)25(32)33-7/h15,18-24,31H,8-14H2,1-7H3. The molecule has 0 radical (unpaired) electrons. The molecule has 35 heavy (non-hydrogen) atoms. The maximum absolute atomic E-state index is 12.8. The van der Waals surface area contributed by atoms with Crippen molar-refractivity contribution in [1.29, 1.82) is 0 Å². The number of hydrogen-bond acceptors (Lipinski definition) is 6. The molecule has 1 N–H and O–H groups in total. The average molecular weight is 489 g/mol. The van der Waals surface area contributed by atoms with Gasteiger partial charge in [0, 0.05) is 23.8 Å². The molecule has 5 rings (SSSR count). The minimum atomic E-state index is -0.823. The van der Waals surface area contributed by atoms with Crippen molar-refractivity contribution in [3.05, 3.63) is 11.8 Å². The van der Waals surface area contributed by atoms with Crippen LogP contribution in [0.3, 0.4) is 0 Å². The van der Waals surface area contributed by atoms with Crippen LogP contribution in [0.15, 0.2) is 11.8 Å². The van der Waals surface area contributed by atoms with E-state index in [1.54, 1.807) is 6.26 Å². The molecular weight excluding hydrogens is 444 g/mol. The summed E-state index contributed by atoms with van der Waals surface area (Å²) in [5.74, 6) is -0.0365. The lowest BCUT2D eigenvalue weighted by Gasteiger charge is -2.71. The Morgan fingerprint density at radius 1 is 1.00 bits per heavy atom. The maximum Gasteiger partial charge on any atom is 0.347 e. The van der Waals surface area contributed by atoms with Crippen LogP contribution in [-0.4, -0.2) is 42.5 Å². The number of aliphatic hydroxyl groups excluding tert-OH is 1. The van der Waals surface area contributed by atoms with E-state index < -0.39 is 29.7 Å². The SMILES string of the molecule is COC(=O)C1OC=C2C(OC(C)=O)CC3C4(C)CCC5C(C)(C)CCCC5(C)C4CC(O)C3(C)C21. The van der Waals surface area contributed by atoms with Crippen LogP contribution in [0.2, 0.25) is 0 Å². The van der Waals surface area contributed by atoms with E-state index in [2.05, 4.69) is 34.6 Å². The van der Waals surface area contributed by atoms with Gasteiger partial charge >= 0.3 is 11.9 Å². The molecule has 4 aliphatic carbocycles. The van der Waals surface area contributed by atoms with Gasteiger partial charge in [0.1, 0.15) is 6.10 Å². The summed E-state index contributed by atoms with van der Waals surface area (Å²) in [6.07, 6.45) is 7.13. The quantitative estimate of drug-likeness (QED) is 0.549. The number of esters is 2. The predicted octanol–water partition coefficient (Wildman–Crippen LogP) is 5.03. The van der Waals surface area contributed by atoms with Crippen LogP contribution < -0.4 is 0 Å². The number of carbonyl (C=O) groups is 2. The topological polar surface area (TPSA) is 82.1 Å². The molecule has 6 heteroatoms. The highest BCUT2D eigenvalue weighted by atomic mass is 16.6. The first-order chi connectivity index (χ1) is 16.3. The second-order valence-electron chi connectivity index (χ2n) is 13.7. The van der Waals surface area contributed by atoms with Crippen LogP contribution in [0.5, 0.6) is 0 Å². The summed E-state index contributed by atoms with van der Waals surface area (Å²) in [4.78, 5) is 24.9. The molecular formula is C29H44O6. The van der Waals surface area contributed by atoms with Crippen LogP contribution in [-0.2, 0) is 23.8 Å². The van der Waals surface area contributed by atoms with E-state index in [0.29, 0.717) is 23.7 Å². The molecule has 0 aromatic rings. The van der Waals surface area contributed by atoms with Crippen molar-refractivity contribution < 1.29 is 28.9 Å². The second-order valence-corrected chi connectivity index (χ2v) is 13.7. The zero-order valence-corrected chi connectivity index (χ0v) is 22.6. The molecule has 10 atom stereocenters. The number of fused-ring (bicyclic) bond motifs is 7.